The zero-order valence-electron chi connectivity index (χ0n) is 12.7. The first-order chi connectivity index (χ1) is 9.32. The first kappa shape index (κ1) is 15.1. The molecule has 0 spiro atoms. The van der Waals surface area contributed by atoms with Gasteiger partial charge in [-0.25, -0.2) is 0 Å². The number of aliphatic hydroxyl groups excluding tert-OH is 2. The van der Waals surface area contributed by atoms with Gasteiger partial charge in [0.2, 0.25) is 0 Å². The molecule has 0 bridgehead atoms. The van der Waals surface area contributed by atoms with Gasteiger partial charge in [0.05, 0.1) is 13.2 Å². The van der Waals surface area contributed by atoms with Gasteiger partial charge in [-0.05, 0) is 51.7 Å². The smallest absolute Gasteiger partial charge is 0.127 e. The number of ether oxygens (including phenoxy) is 1. The summed E-state index contributed by atoms with van der Waals surface area (Å²) in [4.78, 5) is 0. The Labute approximate surface area is 120 Å². The molecule has 3 N–H and O–H groups in total. The minimum absolute atomic E-state index is 0.178. The first-order valence-electron chi connectivity index (χ1n) is 7.08. The molecule has 112 valence electrons. The number of benzene rings is 1. The summed E-state index contributed by atoms with van der Waals surface area (Å²) in [6.45, 7) is 7.49. The Morgan fingerprint density at radius 3 is 2.30 bits per heavy atom. The fourth-order valence-corrected chi connectivity index (χ4v) is 2.86. The lowest BCUT2D eigenvalue weighted by Gasteiger charge is -2.36. The van der Waals surface area contributed by atoms with E-state index in [1.165, 1.54) is 0 Å². The zero-order valence-corrected chi connectivity index (χ0v) is 12.7. The summed E-state index contributed by atoms with van der Waals surface area (Å²) in [5.41, 5.74) is 3.03. The second kappa shape index (κ2) is 5.26. The maximum absolute atomic E-state index is 10.4. The lowest BCUT2D eigenvalue weighted by molar-refractivity contribution is 0.0823. The fraction of sp³-hybridized carbons (Fsp3) is 0.625. The van der Waals surface area contributed by atoms with Crippen LogP contribution in [0.1, 0.15) is 48.4 Å². The third kappa shape index (κ3) is 2.38. The Balaban J connectivity index is 2.67. The maximum Gasteiger partial charge on any atom is 0.127 e. The molecule has 0 saturated heterocycles. The topological polar surface area (TPSA) is 69.9 Å². The summed E-state index contributed by atoms with van der Waals surface area (Å²) in [6, 6.07) is 0. The predicted octanol–water partition coefficient (Wildman–Crippen LogP) is 2.18. The number of fused-ring (bicyclic) bond motifs is 1. The zero-order chi connectivity index (χ0) is 15.1. The number of aliphatic hydroxyl groups is 2. The van der Waals surface area contributed by atoms with Crippen molar-refractivity contribution in [3.63, 3.8) is 0 Å². The van der Waals surface area contributed by atoms with E-state index in [4.69, 9.17) is 4.74 Å². The monoisotopic (exact) mass is 280 g/mol. The minimum atomic E-state index is -0.465. The van der Waals surface area contributed by atoms with E-state index in [1.807, 2.05) is 27.7 Å². The van der Waals surface area contributed by atoms with E-state index in [0.29, 0.717) is 5.56 Å². The van der Waals surface area contributed by atoms with Gasteiger partial charge in [0.15, 0.2) is 0 Å². The molecule has 0 aliphatic carbocycles. The largest absolute Gasteiger partial charge is 0.507 e. The second-order valence-electron chi connectivity index (χ2n) is 6.24. The van der Waals surface area contributed by atoms with Crippen LogP contribution in [-0.2, 0) is 6.42 Å². The van der Waals surface area contributed by atoms with Gasteiger partial charge in [-0.15, -0.1) is 0 Å². The van der Waals surface area contributed by atoms with Crippen molar-refractivity contribution in [1.82, 2.24) is 0 Å². The SMILES string of the molecule is Cc1c(C)c2c(c(C(CO)CO)c1O)CCC(C)(C)O2. The molecular formula is C16H24O4. The second-order valence-corrected chi connectivity index (χ2v) is 6.24. The molecule has 0 fully saturated rings. The van der Waals surface area contributed by atoms with Crippen molar-refractivity contribution in [3.05, 3.63) is 22.3 Å². The summed E-state index contributed by atoms with van der Waals surface area (Å²) >= 11 is 0. The molecule has 0 saturated carbocycles. The highest BCUT2D eigenvalue weighted by Gasteiger charge is 2.33. The van der Waals surface area contributed by atoms with Crippen molar-refractivity contribution in [2.24, 2.45) is 0 Å². The summed E-state index contributed by atoms with van der Waals surface area (Å²) in [7, 11) is 0. The van der Waals surface area contributed by atoms with Gasteiger partial charge in [0.1, 0.15) is 17.1 Å². The fourth-order valence-electron chi connectivity index (χ4n) is 2.86. The number of phenols is 1. The van der Waals surface area contributed by atoms with E-state index >= 15 is 0 Å². The summed E-state index contributed by atoms with van der Waals surface area (Å²) < 4.78 is 6.09. The third-order valence-corrected chi connectivity index (χ3v) is 4.32. The van der Waals surface area contributed by atoms with Crippen molar-refractivity contribution < 1.29 is 20.1 Å². The summed E-state index contributed by atoms with van der Waals surface area (Å²) in [6.07, 6.45) is 1.63. The van der Waals surface area contributed by atoms with Gasteiger partial charge in [0, 0.05) is 17.0 Å². The predicted molar refractivity (Wildman–Crippen MR) is 77.5 cm³/mol. The quantitative estimate of drug-likeness (QED) is 0.793. The molecule has 2 rings (SSSR count). The van der Waals surface area contributed by atoms with Crippen LogP contribution in [0, 0.1) is 13.8 Å². The highest BCUT2D eigenvalue weighted by Crippen LogP contribution is 2.45. The normalized spacial score (nSPS) is 16.9. The lowest BCUT2D eigenvalue weighted by atomic mass is 9.83. The van der Waals surface area contributed by atoms with E-state index < -0.39 is 5.92 Å². The molecule has 0 radical (unpaired) electrons. The van der Waals surface area contributed by atoms with Crippen molar-refractivity contribution in [1.29, 1.82) is 0 Å². The molecule has 0 atom stereocenters. The van der Waals surface area contributed by atoms with Crippen molar-refractivity contribution in [3.8, 4) is 11.5 Å². The van der Waals surface area contributed by atoms with Gasteiger partial charge >= 0.3 is 0 Å². The Morgan fingerprint density at radius 1 is 1.15 bits per heavy atom. The number of rotatable bonds is 3. The molecule has 4 nitrogen and oxygen atoms in total. The highest BCUT2D eigenvalue weighted by molar-refractivity contribution is 5.60. The van der Waals surface area contributed by atoms with Crippen LogP contribution in [0.5, 0.6) is 11.5 Å². The molecule has 20 heavy (non-hydrogen) atoms. The maximum atomic E-state index is 10.4. The van der Waals surface area contributed by atoms with Gasteiger partial charge in [-0.3, -0.25) is 0 Å². The number of hydrogen-bond acceptors (Lipinski definition) is 4. The van der Waals surface area contributed by atoms with Gasteiger partial charge < -0.3 is 20.1 Å². The van der Waals surface area contributed by atoms with Gasteiger partial charge in [-0.2, -0.15) is 0 Å². The Hall–Kier alpha value is -1.26. The molecule has 0 aromatic heterocycles. The molecule has 1 heterocycles. The van der Waals surface area contributed by atoms with Crippen LogP contribution >= 0.6 is 0 Å². The van der Waals surface area contributed by atoms with E-state index in [0.717, 1.165) is 35.3 Å². The Morgan fingerprint density at radius 2 is 1.75 bits per heavy atom. The lowest BCUT2D eigenvalue weighted by Crippen LogP contribution is -2.34. The number of hydrogen-bond donors (Lipinski definition) is 3. The molecule has 1 aliphatic heterocycles. The van der Waals surface area contributed by atoms with Crippen molar-refractivity contribution >= 4 is 0 Å². The Kier molecular flexibility index (Phi) is 3.98. The number of aromatic hydroxyl groups is 1. The first-order valence-corrected chi connectivity index (χ1v) is 7.08. The van der Waals surface area contributed by atoms with Crippen LogP contribution in [0.15, 0.2) is 0 Å². The molecule has 0 unspecified atom stereocenters. The molecule has 1 aromatic carbocycles. The van der Waals surface area contributed by atoms with Crippen molar-refractivity contribution in [2.45, 2.75) is 52.1 Å². The van der Waals surface area contributed by atoms with Crippen LogP contribution in [-0.4, -0.2) is 34.1 Å². The van der Waals surface area contributed by atoms with E-state index in [2.05, 4.69) is 0 Å². The van der Waals surface area contributed by atoms with Crippen LogP contribution in [0.4, 0.5) is 0 Å². The molecule has 1 aromatic rings. The van der Waals surface area contributed by atoms with E-state index in [9.17, 15) is 15.3 Å². The summed E-state index contributed by atoms with van der Waals surface area (Å²) in [5.74, 6) is 0.518. The van der Waals surface area contributed by atoms with Gasteiger partial charge in [0.25, 0.3) is 0 Å². The molecule has 4 heteroatoms. The Bertz CT molecular complexity index is 516. The van der Waals surface area contributed by atoms with E-state index in [1.54, 1.807) is 0 Å². The van der Waals surface area contributed by atoms with Crippen LogP contribution < -0.4 is 4.74 Å². The highest BCUT2D eigenvalue weighted by atomic mass is 16.5. The minimum Gasteiger partial charge on any atom is -0.507 e. The summed E-state index contributed by atoms with van der Waals surface area (Å²) in [5, 5.41) is 29.3. The average molecular weight is 280 g/mol. The van der Waals surface area contributed by atoms with Gasteiger partial charge in [-0.1, -0.05) is 0 Å². The third-order valence-electron chi connectivity index (χ3n) is 4.32. The van der Waals surface area contributed by atoms with Crippen molar-refractivity contribution in [2.75, 3.05) is 13.2 Å². The van der Waals surface area contributed by atoms with Crippen LogP contribution in [0.2, 0.25) is 0 Å². The molecule has 0 amide bonds. The van der Waals surface area contributed by atoms with Crippen LogP contribution in [0.25, 0.3) is 0 Å². The average Bonchev–Trinajstić information content (AvgIpc) is 2.41. The van der Waals surface area contributed by atoms with E-state index in [-0.39, 0.29) is 24.6 Å². The molecule has 1 aliphatic rings. The number of phenolic OH excluding ortho intramolecular Hbond substituents is 1. The standard InChI is InChI=1S/C16H24O4/c1-9-10(2)15-12(5-6-16(3,4)20-15)13(14(9)19)11(7-17)8-18/h11,17-19H,5-8H2,1-4H3. The van der Waals surface area contributed by atoms with Crippen LogP contribution in [0.3, 0.4) is 0 Å². The molecular weight excluding hydrogens is 256 g/mol.